The van der Waals surface area contributed by atoms with Crippen molar-refractivity contribution in [3.8, 4) is 5.69 Å². The molecule has 0 atom stereocenters. The first-order valence-corrected chi connectivity index (χ1v) is 6.38. The van der Waals surface area contributed by atoms with Gasteiger partial charge in [0, 0.05) is 29.7 Å². The van der Waals surface area contributed by atoms with Crippen LogP contribution in [0.15, 0.2) is 35.1 Å². The zero-order chi connectivity index (χ0) is 13.8. The highest BCUT2D eigenvalue weighted by molar-refractivity contribution is 6.19. The quantitative estimate of drug-likeness (QED) is 0.841. The second kappa shape index (κ2) is 5.75. The SMILES string of the molecule is Cc1cc(=O)n(-c2ccc(NC(=O)CCCl)cc2)[nH]1. The van der Waals surface area contributed by atoms with Crippen molar-refractivity contribution in [3.63, 3.8) is 0 Å². The fourth-order valence-corrected chi connectivity index (χ4v) is 1.88. The lowest BCUT2D eigenvalue weighted by Gasteiger charge is -2.06. The van der Waals surface area contributed by atoms with E-state index in [1.165, 1.54) is 10.7 Å². The number of benzene rings is 1. The van der Waals surface area contributed by atoms with E-state index in [0.29, 0.717) is 17.3 Å². The Morgan fingerprint density at radius 2 is 2.05 bits per heavy atom. The average Bonchev–Trinajstić information content (AvgIpc) is 2.70. The van der Waals surface area contributed by atoms with E-state index in [4.69, 9.17) is 11.6 Å². The highest BCUT2D eigenvalue weighted by Gasteiger charge is 2.04. The van der Waals surface area contributed by atoms with Crippen molar-refractivity contribution in [2.75, 3.05) is 11.2 Å². The van der Waals surface area contributed by atoms with Gasteiger partial charge in [-0.1, -0.05) is 0 Å². The van der Waals surface area contributed by atoms with Crippen molar-refractivity contribution in [2.45, 2.75) is 13.3 Å². The minimum Gasteiger partial charge on any atom is -0.326 e. The van der Waals surface area contributed by atoms with Gasteiger partial charge in [0.2, 0.25) is 5.91 Å². The van der Waals surface area contributed by atoms with Gasteiger partial charge in [0.05, 0.1) is 5.69 Å². The molecule has 1 heterocycles. The molecule has 5 nitrogen and oxygen atoms in total. The highest BCUT2D eigenvalue weighted by Crippen LogP contribution is 2.12. The second-order valence-electron chi connectivity index (χ2n) is 4.15. The molecule has 2 aromatic rings. The summed E-state index contributed by atoms with van der Waals surface area (Å²) >= 11 is 5.48. The summed E-state index contributed by atoms with van der Waals surface area (Å²) in [5, 5.41) is 5.66. The van der Waals surface area contributed by atoms with Crippen LogP contribution in [0.5, 0.6) is 0 Å². The van der Waals surface area contributed by atoms with Crippen LogP contribution in [0, 0.1) is 6.92 Å². The standard InChI is InChI=1S/C13H14ClN3O2/c1-9-8-13(19)17(16-9)11-4-2-10(3-5-11)15-12(18)6-7-14/h2-5,8,16H,6-7H2,1H3,(H,15,18). The van der Waals surface area contributed by atoms with Gasteiger partial charge in [0.15, 0.2) is 0 Å². The smallest absolute Gasteiger partial charge is 0.271 e. The predicted octanol–water partition coefficient (Wildman–Crippen LogP) is 2.04. The van der Waals surface area contributed by atoms with E-state index in [-0.39, 0.29) is 17.9 Å². The Kier molecular flexibility index (Phi) is 4.06. The number of aryl methyl sites for hydroxylation is 1. The number of anilines is 1. The predicted molar refractivity (Wildman–Crippen MR) is 75.1 cm³/mol. The minimum absolute atomic E-state index is 0.114. The Labute approximate surface area is 115 Å². The Morgan fingerprint density at radius 1 is 1.37 bits per heavy atom. The molecular weight excluding hydrogens is 266 g/mol. The second-order valence-corrected chi connectivity index (χ2v) is 4.52. The van der Waals surface area contributed by atoms with Gasteiger partial charge in [-0.15, -0.1) is 11.6 Å². The molecule has 0 aliphatic rings. The molecule has 0 fully saturated rings. The third kappa shape index (κ3) is 3.26. The summed E-state index contributed by atoms with van der Waals surface area (Å²) in [5.74, 6) is 0.164. The normalized spacial score (nSPS) is 10.4. The Balaban J connectivity index is 2.17. The van der Waals surface area contributed by atoms with Crippen LogP contribution in [0.1, 0.15) is 12.1 Å². The number of halogens is 1. The summed E-state index contributed by atoms with van der Waals surface area (Å²) in [5.41, 5.74) is 2.07. The van der Waals surface area contributed by atoms with Crippen molar-refractivity contribution in [1.29, 1.82) is 0 Å². The lowest BCUT2D eigenvalue weighted by Crippen LogP contribution is -2.14. The van der Waals surface area contributed by atoms with Gasteiger partial charge in [-0.3, -0.25) is 14.7 Å². The maximum atomic E-state index is 11.6. The number of carbonyl (C=O) groups excluding carboxylic acids is 1. The first-order valence-electron chi connectivity index (χ1n) is 5.85. The van der Waals surface area contributed by atoms with Gasteiger partial charge in [-0.25, -0.2) is 4.68 Å². The topological polar surface area (TPSA) is 66.9 Å². The summed E-state index contributed by atoms with van der Waals surface area (Å²) in [6, 6.07) is 8.52. The summed E-state index contributed by atoms with van der Waals surface area (Å²) in [4.78, 5) is 23.0. The minimum atomic E-state index is -0.129. The van der Waals surface area contributed by atoms with Crippen molar-refractivity contribution in [2.24, 2.45) is 0 Å². The molecule has 0 saturated carbocycles. The number of hydrogen-bond acceptors (Lipinski definition) is 2. The zero-order valence-electron chi connectivity index (χ0n) is 10.4. The van der Waals surface area contributed by atoms with Crippen molar-refractivity contribution in [3.05, 3.63) is 46.4 Å². The van der Waals surface area contributed by atoms with Crippen LogP contribution in [-0.2, 0) is 4.79 Å². The maximum Gasteiger partial charge on any atom is 0.271 e. The van der Waals surface area contributed by atoms with Gasteiger partial charge in [0.25, 0.3) is 5.56 Å². The third-order valence-corrected chi connectivity index (χ3v) is 2.77. The Morgan fingerprint density at radius 3 is 2.58 bits per heavy atom. The highest BCUT2D eigenvalue weighted by atomic mass is 35.5. The van der Waals surface area contributed by atoms with Gasteiger partial charge < -0.3 is 5.32 Å². The Bertz CT molecular complexity index is 628. The molecule has 0 radical (unpaired) electrons. The summed E-state index contributed by atoms with van der Waals surface area (Å²) in [7, 11) is 0. The van der Waals surface area contributed by atoms with Crippen LogP contribution < -0.4 is 10.9 Å². The molecular formula is C13H14ClN3O2. The van der Waals surface area contributed by atoms with E-state index in [9.17, 15) is 9.59 Å². The average molecular weight is 280 g/mol. The van der Waals surface area contributed by atoms with E-state index >= 15 is 0 Å². The number of nitrogens with zero attached hydrogens (tertiary/aromatic N) is 1. The van der Waals surface area contributed by atoms with E-state index in [1.54, 1.807) is 24.3 Å². The lowest BCUT2D eigenvalue weighted by molar-refractivity contribution is -0.115. The van der Waals surface area contributed by atoms with Crippen LogP contribution in [0.25, 0.3) is 5.69 Å². The fourth-order valence-electron chi connectivity index (χ4n) is 1.71. The number of rotatable bonds is 4. The van der Waals surface area contributed by atoms with Gasteiger partial charge in [0.1, 0.15) is 0 Å². The number of aromatic nitrogens is 2. The zero-order valence-corrected chi connectivity index (χ0v) is 11.2. The van der Waals surface area contributed by atoms with Crippen molar-refractivity contribution < 1.29 is 4.79 Å². The van der Waals surface area contributed by atoms with E-state index in [2.05, 4.69) is 10.4 Å². The molecule has 100 valence electrons. The molecule has 0 aliphatic carbocycles. The molecule has 0 spiro atoms. The summed E-state index contributed by atoms with van der Waals surface area (Å²) in [6.07, 6.45) is 0.276. The van der Waals surface area contributed by atoms with Crippen molar-refractivity contribution >= 4 is 23.2 Å². The van der Waals surface area contributed by atoms with E-state index in [0.717, 1.165) is 5.69 Å². The molecule has 1 aromatic carbocycles. The van der Waals surface area contributed by atoms with Crippen LogP contribution in [0.4, 0.5) is 5.69 Å². The fraction of sp³-hybridized carbons (Fsp3) is 0.231. The molecule has 6 heteroatoms. The molecule has 0 saturated heterocycles. The van der Waals surface area contributed by atoms with Crippen molar-refractivity contribution in [1.82, 2.24) is 9.78 Å². The van der Waals surface area contributed by atoms with Crippen LogP contribution in [0.2, 0.25) is 0 Å². The Hall–Kier alpha value is -2.01. The first kappa shape index (κ1) is 13.4. The maximum absolute atomic E-state index is 11.6. The number of amides is 1. The molecule has 1 amide bonds. The summed E-state index contributed by atoms with van der Waals surface area (Å²) in [6.45, 7) is 1.82. The molecule has 2 rings (SSSR count). The monoisotopic (exact) mass is 279 g/mol. The van der Waals surface area contributed by atoms with E-state index in [1.807, 2.05) is 6.92 Å². The largest absolute Gasteiger partial charge is 0.326 e. The molecule has 0 aliphatic heterocycles. The third-order valence-electron chi connectivity index (χ3n) is 2.58. The van der Waals surface area contributed by atoms with Gasteiger partial charge >= 0.3 is 0 Å². The van der Waals surface area contributed by atoms with Gasteiger partial charge in [-0.2, -0.15) is 0 Å². The first-order chi connectivity index (χ1) is 9.10. The molecule has 1 aromatic heterocycles. The number of hydrogen-bond donors (Lipinski definition) is 2. The van der Waals surface area contributed by atoms with Crippen LogP contribution in [-0.4, -0.2) is 21.6 Å². The molecule has 0 bridgehead atoms. The number of nitrogens with one attached hydrogen (secondary N) is 2. The number of H-pyrrole nitrogens is 1. The number of aromatic amines is 1. The molecule has 19 heavy (non-hydrogen) atoms. The van der Waals surface area contributed by atoms with Crippen LogP contribution >= 0.6 is 11.6 Å². The number of carbonyl (C=O) groups is 1. The molecule has 0 unspecified atom stereocenters. The summed E-state index contributed by atoms with van der Waals surface area (Å²) < 4.78 is 1.44. The van der Waals surface area contributed by atoms with Gasteiger partial charge in [-0.05, 0) is 31.2 Å². The molecule has 2 N–H and O–H groups in total. The van der Waals surface area contributed by atoms with Crippen LogP contribution in [0.3, 0.4) is 0 Å². The number of alkyl halides is 1. The lowest BCUT2D eigenvalue weighted by atomic mass is 10.2. The van der Waals surface area contributed by atoms with E-state index < -0.39 is 0 Å².